The number of carbonyl (C=O) groups is 1. The third-order valence-corrected chi connectivity index (χ3v) is 7.82. The lowest BCUT2D eigenvalue weighted by atomic mass is 9.98. The van der Waals surface area contributed by atoms with E-state index < -0.39 is 0 Å². The lowest BCUT2D eigenvalue weighted by molar-refractivity contribution is 0.0938. The van der Waals surface area contributed by atoms with Gasteiger partial charge in [-0.05, 0) is 34.7 Å². The van der Waals surface area contributed by atoms with E-state index in [-0.39, 0.29) is 17.6 Å². The zero-order valence-electron chi connectivity index (χ0n) is 20.7. The topological polar surface area (TPSA) is 85.8 Å². The molecule has 39 heavy (non-hydrogen) atoms. The van der Waals surface area contributed by atoms with E-state index in [0.29, 0.717) is 16.8 Å². The molecule has 9 heteroatoms. The number of para-hydroxylation sites is 1. The Bertz CT molecular complexity index is 1610. The number of hydrogen-bond donors (Lipinski definition) is 1. The summed E-state index contributed by atoms with van der Waals surface area (Å²) in [5, 5.41) is 14.7. The first-order valence-corrected chi connectivity index (χ1v) is 14.2. The normalized spacial score (nSPS) is 11.1. The number of hydrogen-bond acceptors (Lipinski definition) is 7. The second-order valence-corrected chi connectivity index (χ2v) is 10.5. The van der Waals surface area contributed by atoms with Gasteiger partial charge in [0.1, 0.15) is 6.26 Å². The number of thioether (sulfide) groups is 1. The number of carbonyl (C=O) groups excluding carboxylic acids is 1. The smallest absolute Gasteiger partial charge is 0.273 e. The Morgan fingerprint density at radius 2 is 1.54 bits per heavy atom. The van der Waals surface area contributed by atoms with Gasteiger partial charge in [0.15, 0.2) is 16.7 Å². The first kappa shape index (κ1) is 24.8. The van der Waals surface area contributed by atoms with E-state index in [4.69, 9.17) is 4.42 Å². The van der Waals surface area contributed by atoms with Crippen LogP contribution in [0.2, 0.25) is 0 Å². The summed E-state index contributed by atoms with van der Waals surface area (Å²) in [6, 6.07) is 33.4. The molecular weight excluding hydrogens is 526 g/mol. The van der Waals surface area contributed by atoms with Gasteiger partial charge in [0.25, 0.3) is 5.91 Å². The maximum atomic E-state index is 13.2. The van der Waals surface area contributed by atoms with Crippen molar-refractivity contribution < 1.29 is 9.21 Å². The van der Waals surface area contributed by atoms with E-state index in [1.807, 2.05) is 113 Å². The van der Waals surface area contributed by atoms with Crippen LogP contribution in [0.4, 0.5) is 0 Å². The van der Waals surface area contributed by atoms with Gasteiger partial charge in [-0.1, -0.05) is 96.7 Å². The molecule has 0 fully saturated rings. The largest absolute Gasteiger partial charge is 0.447 e. The number of nitrogens with one attached hydrogen (secondary N) is 1. The van der Waals surface area contributed by atoms with E-state index >= 15 is 0 Å². The van der Waals surface area contributed by atoms with Crippen LogP contribution in [-0.2, 0) is 5.75 Å². The van der Waals surface area contributed by atoms with Crippen LogP contribution in [0.5, 0.6) is 0 Å². The Labute approximate surface area is 233 Å². The Hall–Kier alpha value is -4.47. The van der Waals surface area contributed by atoms with Crippen LogP contribution in [0.1, 0.15) is 33.5 Å². The molecule has 0 aliphatic heterocycles. The molecule has 0 spiro atoms. The van der Waals surface area contributed by atoms with E-state index in [0.717, 1.165) is 27.5 Å². The van der Waals surface area contributed by atoms with Gasteiger partial charge in [-0.3, -0.25) is 9.36 Å². The molecule has 7 nitrogen and oxygen atoms in total. The fourth-order valence-electron chi connectivity index (χ4n) is 4.20. The van der Waals surface area contributed by atoms with Crippen molar-refractivity contribution in [2.75, 3.05) is 0 Å². The molecule has 0 bridgehead atoms. The predicted molar refractivity (Wildman–Crippen MR) is 153 cm³/mol. The highest BCUT2D eigenvalue weighted by Gasteiger charge is 2.21. The van der Waals surface area contributed by atoms with Crippen molar-refractivity contribution in [3.63, 3.8) is 0 Å². The summed E-state index contributed by atoms with van der Waals surface area (Å²) in [7, 11) is 0. The fourth-order valence-corrected chi connectivity index (χ4v) is 5.70. The van der Waals surface area contributed by atoms with Gasteiger partial charge in [-0.15, -0.1) is 21.5 Å². The number of benzene rings is 3. The van der Waals surface area contributed by atoms with Crippen molar-refractivity contribution >= 4 is 29.0 Å². The highest BCUT2D eigenvalue weighted by atomic mass is 32.2. The average Bonchev–Trinajstić information content (AvgIpc) is 3.77. The number of rotatable bonds is 9. The zero-order valence-corrected chi connectivity index (χ0v) is 22.3. The Morgan fingerprint density at radius 1 is 0.872 bits per heavy atom. The van der Waals surface area contributed by atoms with Crippen molar-refractivity contribution in [1.29, 1.82) is 0 Å². The van der Waals surface area contributed by atoms with Crippen LogP contribution in [0.15, 0.2) is 124 Å². The summed E-state index contributed by atoms with van der Waals surface area (Å²) in [6.45, 7) is 0. The van der Waals surface area contributed by atoms with Crippen LogP contribution in [0.3, 0.4) is 0 Å². The maximum Gasteiger partial charge on any atom is 0.273 e. The monoisotopic (exact) mass is 549 g/mol. The second kappa shape index (κ2) is 11.5. The number of nitrogens with zero attached hydrogens (tertiary/aromatic N) is 4. The molecule has 3 heterocycles. The average molecular weight is 550 g/mol. The van der Waals surface area contributed by atoms with E-state index in [1.165, 1.54) is 18.0 Å². The molecule has 3 aromatic heterocycles. The summed E-state index contributed by atoms with van der Waals surface area (Å²) in [5.74, 6) is 1.30. The Kier molecular flexibility index (Phi) is 7.33. The van der Waals surface area contributed by atoms with Crippen molar-refractivity contribution in [2.45, 2.75) is 17.0 Å². The molecule has 0 aliphatic carbocycles. The van der Waals surface area contributed by atoms with E-state index in [2.05, 4.69) is 20.5 Å². The van der Waals surface area contributed by atoms with Gasteiger partial charge in [0, 0.05) is 5.69 Å². The molecule has 6 rings (SSSR count). The van der Waals surface area contributed by atoms with Gasteiger partial charge in [-0.25, -0.2) is 4.98 Å². The highest BCUT2D eigenvalue weighted by Crippen LogP contribution is 2.31. The molecule has 1 amide bonds. The molecule has 3 aromatic carbocycles. The lowest BCUT2D eigenvalue weighted by Crippen LogP contribution is -2.29. The Morgan fingerprint density at radius 3 is 2.18 bits per heavy atom. The molecular formula is C30H23N5O2S2. The molecule has 0 saturated carbocycles. The van der Waals surface area contributed by atoms with Crippen molar-refractivity contribution in [1.82, 2.24) is 25.1 Å². The summed E-state index contributed by atoms with van der Waals surface area (Å²) in [5.41, 5.74) is 3.16. The van der Waals surface area contributed by atoms with Crippen molar-refractivity contribution in [3.05, 3.63) is 137 Å². The van der Waals surface area contributed by atoms with Crippen LogP contribution in [0.25, 0.3) is 16.4 Å². The van der Waals surface area contributed by atoms with Gasteiger partial charge >= 0.3 is 0 Å². The molecule has 0 aliphatic rings. The predicted octanol–water partition coefficient (Wildman–Crippen LogP) is 6.80. The van der Waals surface area contributed by atoms with Crippen LogP contribution < -0.4 is 5.32 Å². The highest BCUT2D eigenvalue weighted by molar-refractivity contribution is 7.98. The molecule has 1 N–H and O–H groups in total. The Balaban J connectivity index is 1.20. The van der Waals surface area contributed by atoms with Gasteiger partial charge in [-0.2, -0.15) is 0 Å². The van der Waals surface area contributed by atoms with Gasteiger partial charge < -0.3 is 9.73 Å². The number of amides is 1. The minimum absolute atomic E-state index is 0.228. The number of aromatic nitrogens is 4. The lowest BCUT2D eigenvalue weighted by Gasteiger charge is -2.19. The summed E-state index contributed by atoms with van der Waals surface area (Å²) < 4.78 is 7.70. The molecule has 6 aromatic rings. The summed E-state index contributed by atoms with van der Waals surface area (Å²) in [6.07, 6.45) is 1.40. The third-order valence-electron chi connectivity index (χ3n) is 6.04. The molecule has 0 unspecified atom stereocenters. The molecule has 0 saturated heterocycles. The number of thiophene rings is 1. The fraction of sp³-hybridized carbons (Fsp3) is 0.0667. The first-order valence-electron chi connectivity index (χ1n) is 12.3. The summed E-state index contributed by atoms with van der Waals surface area (Å²) >= 11 is 3.06. The quantitative estimate of drug-likeness (QED) is 0.200. The number of oxazole rings is 1. The van der Waals surface area contributed by atoms with Gasteiger partial charge in [0.05, 0.1) is 16.7 Å². The molecule has 0 radical (unpaired) electrons. The van der Waals surface area contributed by atoms with Crippen molar-refractivity contribution in [3.8, 4) is 16.4 Å². The molecule has 0 atom stereocenters. The standard InChI is InChI=1S/C30H23N5O2S2/c36-29(32-27(21-11-4-1-5-12-21)22-13-6-2-7-14-22)24-19-37-26(31-24)20-39-30-34-33-28(25-17-10-18-38-25)35(30)23-15-8-3-9-16-23/h1-19,27H,20H2,(H,32,36). The third kappa shape index (κ3) is 5.55. The minimum Gasteiger partial charge on any atom is -0.447 e. The van der Waals surface area contributed by atoms with E-state index in [9.17, 15) is 4.79 Å². The van der Waals surface area contributed by atoms with Crippen LogP contribution in [0, 0.1) is 0 Å². The SMILES string of the molecule is O=C(NC(c1ccccc1)c1ccccc1)c1coc(CSc2nnc(-c3cccs3)n2-c2ccccc2)n1. The second-order valence-electron chi connectivity index (χ2n) is 8.60. The zero-order chi connectivity index (χ0) is 26.4. The van der Waals surface area contributed by atoms with Crippen LogP contribution in [-0.4, -0.2) is 25.7 Å². The first-order chi connectivity index (χ1) is 19.3. The maximum absolute atomic E-state index is 13.2. The van der Waals surface area contributed by atoms with E-state index in [1.54, 1.807) is 11.3 Å². The van der Waals surface area contributed by atoms with Gasteiger partial charge in [0.2, 0.25) is 5.89 Å². The van der Waals surface area contributed by atoms with Crippen molar-refractivity contribution in [2.24, 2.45) is 0 Å². The minimum atomic E-state index is -0.311. The molecule has 192 valence electrons. The summed E-state index contributed by atoms with van der Waals surface area (Å²) in [4.78, 5) is 18.7. The van der Waals surface area contributed by atoms with Crippen LogP contribution >= 0.6 is 23.1 Å².